The number of anilines is 1. The van der Waals surface area contributed by atoms with Crippen molar-refractivity contribution < 1.29 is 23.7 Å². The van der Waals surface area contributed by atoms with E-state index < -0.39 is 5.97 Å². The van der Waals surface area contributed by atoms with Crippen LogP contribution in [-0.4, -0.2) is 40.5 Å². The molecule has 0 saturated carbocycles. The molecule has 0 heterocycles. The third-order valence-electron chi connectivity index (χ3n) is 2.30. The topological polar surface area (TPSA) is 80.0 Å². The van der Waals surface area contributed by atoms with Crippen LogP contribution in [0, 0.1) is 0 Å². The summed E-state index contributed by atoms with van der Waals surface area (Å²) in [5.41, 5.74) is 6.27. The minimum Gasteiger partial charge on any atom is -0.493 e. The minimum absolute atomic E-state index is 0.170. The molecule has 0 radical (unpaired) electrons. The van der Waals surface area contributed by atoms with E-state index in [4.69, 9.17) is 24.7 Å². The molecule has 0 fully saturated rings. The Hall–Kier alpha value is -1.95. The summed E-state index contributed by atoms with van der Waals surface area (Å²) in [6, 6.07) is 3.01. The number of carbonyl (C=O) groups is 1. The fraction of sp³-hybridized carbons (Fsp3) is 0.417. The molecule has 6 nitrogen and oxygen atoms in total. The van der Waals surface area contributed by atoms with Crippen LogP contribution < -0.4 is 15.2 Å². The number of methoxy groups -OCH3 is 3. The van der Waals surface area contributed by atoms with Crippen LogP contribution in [0.3, 0.4) is 0 Å². The maximum atomic E-state index is 11.8. The molecule has 0 unspecified atom stereocenters. The molecule has 0 amide bonds. The number of hydrogen-bond acceptors (Lipinski definition) is 6. The van der Waals surface area contributed by atoms with Crippen molar-refractivity contribution in [1.29, 1.82) is 0 Å². The summed E-state index contributed by atoms with van der Waals surface area (Å²) in [5.74, 6) is 0.360. The Morgan fingerprint density at radius 1 is 1.11 bits per heavy atom. The fourth-order valence-electron chi connectivity index (χ4n) is 1.37. The van der Waals surface area contributed by atoms with Gasteiger partial charge in [0.1, 0.15) is 6.61 Å². The van der Waals surface area contributed by atoms with Gasteiger partial charge >= 0.3 is 5.97 Å². The molecular weight excluding hydrogens is 238 g/mol. The molecule has 6 heteroatoms. The first-order valence-electron chi connectivity index (χ1n) is 5.31. The van der Waals surface area contributed by atoms with Crippen molar-refractivity contribution in [1.82, 2.24) is 0 Å². The van der Waals surface area contributed by atoms with Gasteiger partial charge in [-0.3, -0.25) is 0 Å². The van der Waals surface area contributed by atoms with Crippen molar-refractivity contribution in [2.24, 2.45) is 0 Å². The van der Waals surface area contributed by atoms with Gasteiger partial charge < -0.3 is 24.7 Å². The maximum absolute atomic E-state index is 11.8. The third-order valence-corrected chi connectivity index (χ3v) is 2.30. The number of esters is 1. The van der Waals surface area contributed by atoms with E-state index in [0.29, 0.717) is 18.1 Å². The van der Waals surface area contributed by atoms with Gasteiger partial charge in [-0.05, 0) is 0 Å². The first kappa shape index (κ1) is 14.1. The standard InChI is InChI=1S/C12H17NO5/c1-15-4-5-18-12(14)8-6-10(16-2)11(17-3)7-9(8)13/h6-7H,4-5,13H2,1-3H3. The Labute approximate surface area is 106 Å². The van der Waals surface area contributed by atoms with Crippen molar-refractivity contribution in [3.63, 3.8) is 0 Å². The summed E-state index contributed by atoms with van der Waals surface area (Å²) < 4.78 is 19.9. The highest BCUT2D eigenvalue weighted by Crippen LogP contribution is 2.32. The number of hydrogen-bond donors (Lipinski definition) is 1. The van der Waals surface area contributed by atoms with Gasteiger partial charge in [0.2, 0.25) is 0 Å². The molecule has 0 atom stereocenters. The summed E-state index contributed by atoms with van der Waals surface area (Å²) in [7, 11) is 4.50. The lowest BCUT2D eigenvalue weighted by atomic mass is 10.1. The molecule has 1 aromatic rings. The van der Waals surface area contributed by atoms with Crippen LogP contribution >= 0.6 is 0 Å². The van der Waals surface area contributed by atoms with Gasteiger partial charge in [0.25, 0.3) is 0 Å². The monoisotopic (exact) mass is 255 g/mol. The second-order valence-electron chi connectivity index (χ2n) is 3.42. The first-order chi connectivity index (χ1) is 8.63. The Kier molecular flexibility index (Phi) is 5.26. The molecular formula is C12H17NO5. The lowest BCUT2D eigenvalue weighted by Crippen LogP contribution is -2.12. The Morgan fingerprint density at radius 3 is 2.28 bits per heavy atom. The fourth-order valence-corrected chi connectivity index (χ4v) is 1.37. The summed E-state index contributed by atoms with van der Waals surface area (Å²) in [6.45, 7) is 0.502. The van der Waals surface area contributed by atoms with Crippen LogP contribution in [0.1, 0.15) is 10.4 Å². The molecule has 100 valence electrons. The largest absolute Gasteiger partial charge is 0.493 e. The van der Waals surface area contributed by atoms with Gasteiger partial charge in [-0.2, -0.15) is 0 Å². The van der Waals surface area contributed by atoms with E-state index in [9.17, 15) is 4.79 Å². The lowest BCUT2D eigenvalue weighted by Gasteiger charge is -2.12. The highest BCUT2D eigenvalue weighted by Gasteiger charge is 2.16. The second-order valence-corrected chi connectivity index (χ2v) is 3.42. The third kappa shape index (κ3) is 3.27. The number of carbonyl (C=O) groups excluding carboxylic acids is 1. The van der Waals surface area contributed by atoms with Crippen LogP contribution in [0.4, 0.5) is 5.69 Å². The zero-order chi connectivity index (χ0) is 13.5. The molecule has 0 aliphatic rings. The zero-order valence-corrected chi connectivity index (χ0v) is 10.7. The van der Waals surface area contributed by atoms with Crippen molar-refractivity contribution in [2.75, 3.05) is 40.3 Å². The molecule has 0 saturated heterocycles. The number of ether oxygens (including phenoxy) is 4. The van der Waals surface area contributed by atoms with Crippen molar-refractivity contribution in [2.45, 2.75) is 0 Å². The summed E-state index contributed by atoms with van der Waals surface area (Å²) in [5, 5.41) is 0. The summed E-state index contributed by atoms with van der Waals surface area (Å²) in [6.07, 6.45) is 0. The Morgan fingerprint density at radius 2 is 1.72 bits per heavy atom. The molecule has 0 aliphatic carbocycles. The number of nitrogens with two attached hydrogens (primary N) is 1. The van der Waals surface area contributed by atoms with E-state index in [1.807, 2.05) is 0 Å². The van der Waals surface area contributed by atoms with Gasteiger partial charge in [0, 0.05) is 19.2 Å². The Balaban J connectivity index is 2.91. The maximum Gasteiger partial charge on any atom is 0.340 e. The minimum atomic E-state index is -0.523. The van der Waals surface area contributed by atoms with Gasteiger partial charge in [0.15, 0.2) is 11.5 Å². The van der Waals surface area contributed by atoms with E-state index in [2.05, 4.69) is 0 Å². The predicted molar refractivity (Wildman–Crippen MR) is 66.1 cm³/mol. The summed E-state index contributed by atoms with van der Waals surface area (Å²) >= 11 is 0. The molecule has 0 aliphatic heterocycles. The molecule has 2 N–H and O–H groups in total. The lowest BCUT2D eigenvalue weighted by molar-refractivity contribution is 0.0389. The molecule has 1 rings (SSSR count). The van der Waals surface area contributed by atoms with Crippen LogP contribution in [0.25, 0.3) is 0 Å². The molecule has 0 bridgehead atoms. The van der Waals surface area contributed by atoms with Gasteiger partial charge in [-0.25, -0.2) is 4.79 Å². The van der Waals surface area contributed by atoms with Gasteiger partial charge in [-0.1, -0.05) is 0 Å². The van der Waals surface area contributed by atoms with E-state index in [0.717, 1.165) is 0 Å². The average molecular weight is 255 g/mol. The molecule has 18 heavy (non-hydrogen) atoms. The highest BCUT2D eigenvalue weighted by molar-refractivity contribution is 5.96. The van der Waals surface area contributed by atoms with Crippen molar-refractivity contribution in [3.05, 3.63) is 17.7 Å². The quantitative estimate of drug-likeness (QED) is 0.465. The number of rotatable bonds is 6. The van der Waals surface area contributed by atoms with Crippen LogP contribution in [0.5, 0.6) is 11.5 Å². The predicted octanol–water partition coefficient (Wildman–Crippen LogP) is 1.09. The van der Waals surface area contributed by atoms with E-state index in [1.165, 1.54) is 33.5 Å². The average Bonchev–Trinajstić information content (AvgIpc) is 2.38. The molecule has 0 aromatic heterocycles. The smallest absolute Gasteiger partial charge is 0.340 e. The van der Waals surface area contributed by atoms with Crippen LogP contribution in [0.15, 0.2) is 12.1 Å². The van der Waals surface area contributed by atoms with Crippen LogP contribution in [0.2, 0.25) is 0 Å². The SMILES string of the molecule is COCCOC(=O)c1cc(OC)c(OC)cc1N. The zero-order valence-electron chi connectivity index (χ0n) is 10.7. The summed E-state index contributed by atoms with van der Waals surface area (Å²) in [4.78, 5) is 11.8. The molecule has 1 aromatic carbocycles. The highest BCUT2D eigenvalue weighted by atomic mass is 16.6. The van der Waals surface area contributed by atoms with E-state index in [1.54, 1.807) is 0 Å². The van der Waals surface area contributed by atoms with Gasteiger partial charge in [0.05, 0.1) is 32.1 Å². The normalized spacial score (nSPS) is 9.94. The first-order valence-corrected chi connectivity index (χ1v) is 5.31. The number of benzene rings is 1. The molecule has 0 spiro atoms. The Bertz CT molecular complexity index is 419. The van der Waals surface area contributed by atoms with E-state index in [-0.39, 0.29) is 17.9 Å². The van der Waals surface area contributed by atoms with Gasteiger partial charge in [-0.15, -0.1) is 0 Å². The number of nitrogen functional groups attached to an aromatic ring is 1. The van der Waals surface area contributed by atoms with Crippen LogP contribution in [-0.2, 0) is 9.47 Å². The van der Waals surface area contributed by atoms with Crippen molar-refractivity contribution >= 4 is 11.7 Å². The van der Waals surface area contributed by atoms with E-state index >= 15 is 0 Å². The van der Waals surface area contributed by atoms with Crippen molar-refractivity contribution in [3.8, 4) is 11.5 Å². The second kappa shape index (κ2) is 6.70.